The largest absolute Gasteiger partial charge is 0.376 e. The minimum absolute atomic E-state index is 0.172. The molecule has 9 heteroatoms. The highest BCUT2D eigenvalue weighted by atomic mass is 16.5. The van der Waals surface area contributed by atoms with Crippen molar-refractivity contribution in [2.24, 2.45) is 0 Å². The summed E-state index contributed by atoms with van der Waals surface area (Å²) in [4.78, 5) is 12.2. The van der Waals surface area contributed by atoms with Crippen molar-refractivity contribution >= 4 is 5.91 Å². The van der Waals surface area contributed by atoms with Crippen molar-refractivity contribution in [2.75, 3.05) is 6.61 Å². The lowest BCUT2D eigenvalue weighted by molar-refractivity contribution is 0.0929. The van der Waals surface area contributed by atoms with Crippen molar-refractivity contribution in [3.8, 4) is 0 Å². The summed E-state index contributed by atoms with van der Waals surface area (Å²) in [6, 6.07) is 0. The van der Waals surface area contributed by atoms with Crippen molar-refractivity contribution in [2.45, 2.75) is 51.4 Å². The highest BCUT2D eigenvalue weighted by Crippen LogP contribution is 2.14. The zero-order chi connectivity index (χ0) is 15.6. The van der Waals surface area contributed by atoms with E-state index in [1.807, 2.05) is 0 Å². The van der Waals surface area contributed by atoms with Gasteiger partial charge in [-0.05, 0) is 19.3 Å². The average molecular weight is 317 g/mol. The summed E-state index contributed by atoms with van der Waals surface area (Å²) in [5, 5.41) is 19.0. The Balaban J connectivity index is 1.34. The lowest BCUT2D eigenvalue weighted by Crippen LogP contribution is -2.25. The van der Waals surface area contributed by atoms with Crippen molar-refractivity contribution in [3.05, 3.63) is 23.5 Å². The molecule has 1 saturated heterocycles. The predicted octanol–water partition coefficient (Wildman–Crippen LogP) is -0.0752. The number of amides is 1. The fraction of sp³-hybridized carbons (Fsp3) is 0.643. The second-order valence-corrected chi connectivity index (χ2v) is 5.93. The molecule has 122 valence electrons. The maximum atomic E-state index is 12.2. The average Bonchev–Trinajstić information content (AvgIpc) is 3.31. The van der Waals surface area contributed by atoms with Crippen molar-refractivity contribution in [1.82, 2.24) is 35.1 Å². The van der Waals surface area contributed by atoms with E-state index in [1.165, 1.54) is 0 Å². The zero-order valence-electron chi connectivity index (χ0n) is 12.8. The highest BCUT2D eigenvalue weighted by molar-refractivity contribution is 5.91. The molecular formula is C14H19N7O2. The molecule has 0 aromatic carbocycles. The number of hydrogen-bond acceptors (Lipinski definition) is 6. The SMILES string of the molecule is O=C(NCc1nnc2n1CCC2)c1cn(C[C@@H]2CCCO2)nn1. The van der Waals surface area contributed by atoms with E-state index in [9.17, 15) is 4.79 Å². The van der Waals surface area contributed by atoms with Gasteiger partial charge in [0.15, 0.2) is 11.5 Å². The molecule has 0 radical (unpaired) electrons. The number of nitrogens with one attached hydrogen (secondary N) is 1. The first-order valence-corrected chi connectivity index (χ1v) is 8.00. The molecule has 0 spiro atoms. The lowest BCUT2D eigenvalue weighted by atomic mass is 10.2. The van der Waals surface area contributed by atoms with E-state index in [4.69, 9.17) is 4.74 Å². The number of rotatable bonds is 5. The van der Waals surface area contributed by atoms with E-state index in [1.54, 1.807) is 10.9 Å². The Labute approximate surface area is 133 Å². The second-order valence-electron chi connectivity index (χ2n) is 5.93. The molecule has 2 aliphatic heterocycles. The molecule has 0 saturated carbocycles. The van der Waals surface area contributed by atoms with Gasteiger partial charge in [0.05, 0.1) is 25.4 Å². The molecule has 2 aromatic heterocycles. The van der Waals surface area contributed by atoms with Crippen LogP contribution in [0.3, 0.4) is 0 Å². The Morgan fingerprint density at radius 1 is 1.35 bits per heavy atom. The molecule has 4 heterocycles. The van der Waals surface area contributed by atoms with E-state index in [2.05, 4.69) is 30.4 Å². The standard InChI is InChI=1S/C14H19N7O2/c22-14(15-7-13-18-17-12-4-1-5-21(12)13)11-9-20(19-16-11)8-10-3-2-6-23-10/h9-10H,1-8H2,(H,15,22)/t10-/m0/s1. The van der Waals surface area contributed by atoms with E-state index in [-0.39, 0.29) is 12.0 Å². The molecule has 23 heavy (non-hydrogen) atoms. The van der Waals surface area contributed by atoms with Crippen LogP contribution in [0.4, 0.5) is 0 Å². The van der Waals surface area contributed by atoms with Crippen molar-refractivity contribution in [3.63, 3.8) is 0 Å². The molecular weight excluding hydrogens is 298 g/mol. The fourth-order valence-electron chi connectivity index (χ4n) is 3.08. The molecule has 1 N–H and O–H groups in total. The summed E-state index contributed by atoms with van der Waals surface area (Å²) >= 11 is 0. The molecule has 2 aromatic rings. The fourth-order valence-corrected chi connectivity index (χ4v) is 3.08. The van der Waals surface area contributed by atoms with Gasteiger partial charge in [-0.3, -0.25) is 4.79 Å². The van der Waals surface area contributed by atoms with Crippen LogP contribution >= 0.6 is 0 Å². The van der Waals surface area contributed by atoms with Crippen LogP contribution in [-0.2, 0) is 30.8 Å². The maximum absolute atomic E-state index is 12.2. The van der Waals surface area contributed by atoms with Gasteiger partial charge in [0.2, 0.25) is 0 Å². The van der Waals surface area contributed by atoms with E-state index in [0.29, 0.717) is 18.8 Å². The Hall–Kier alpha value is -2.29. The number of nitrogens with zero attached hydrogens (tertiary/aromatic N) is 6. The highest BCUT2D eigenvalue weighted by Gasteiger charge is 2.20. The first-order chi connectivity index (χ1) is 11.3. The Morgan fingerprint density at radius 2 is 2.30 bits per heavy atom. The lowest BCUT2D eigenvalue weighted by Gasteiger charge is -2.07. The second kappa shape index (κ2) is 6.07. The molecule has 0 bridgehead atoms. The first kappa shape index (κ1) is 14.3. The number of fused-ring (bicyclic) bond motifs is 1. The van der Waals surface area contributed by atoms with Crippen LogP contribution in [0, 0.1) is 0 Å². The third-order valence-electron chi connectivity index (χ3n) is 4.28. The molecule has 1 amide bonds. The zero-order valence-corrected chi connectivity index (χ0v) is 12.8. The number of aromatic nitrogens is 6. The quantitative estimate of drug-likeness (QED) is 0.828. The molecule has 2 aliphatic rings. The van der Waals surface area contributed by atoms with Crippen molar-refractivity contribution in [1.29, 1.82) is 0 Å². The minimum atomic E-state index is -0.251. The summed E-state index contributed by atoms with van der Waals surface area (Å²) in [5.74, 6) is 1.54. The summed E-state index contributed by atoms with van der Waals surface area (Å²) in [7, 11) is 0. The number of ether oxygens (including phenoxy) is 1. The van der Waals surface area contributed by atoms with E-state index >= 15 is 0 Å². The Morgan fingerprint density at radius 3 is 3.17 bits per heavy atom. The minimum Gasteiger partial charge on any atom is -0.376 e. The van der Waals surface area contributed by atoms with Crippen LogP contribution in [0.1, 0.15) is 41.4 Å². The van der Waals surface area contributed by atoms with Crippen LogP contribution in [0.25, 0.3) is 0 Å². The number of carbonyl (C=O) groups is 1. The number of hydrogen-bond donors (Lipinski definition) is 1. The summed E-state index contributed by atoms with van der Waals surface area (Å²) < 4.78 is 9.29. The smallest absolute Gasteiger partial charge is 0.273 e. The normalized spacial score (nSPS) is 19.9. The molecule has 1 fully saturated rings. The molecule has 1 atom stereocenters. The Bertz CT molecular complexity index is 702. The molecule has 4 rings (SSSR count). The summed E-state index contributed by atoms with van der Waals surface area (Å²) in [5.41, 5.74) is 0.309. The van der Waals surface area contributed by atoms with Crippen LogP contribution in [0.5, 0.6) is 0 Å². The summed E-state index contributed by atoms with van der Waals surface area (Å²) in [6.07, 6.45) is 5.98. The van der Waals surface area contributed by atoms with Gasteiger partial charge in [-0.15, -0.1) is 15.3 Å². The third-order valence-corrected chi connectivity index (χ3v) is 4.28. The Kier molecular flexibility index (Phi) is 3.78. The van der Waals surface area contributed by atoms with Gasteiger partial charge in [-0.2, -0.15) is 0 Å². The van der Waals surface area contributed by atoms with Gasteiger partial charge in [0.1, 0.15) is 5.82 Å². The van der Waals surface area contributed by atoms with Gasteiger partial charge >= 0.3 is 0 Å². The third kappa shape index (κ3) is 2.96. The van der Waals surface area contributed by atoms with Gasteiger partial charge in [0, 0.05) is 19.6 Å². The first-order valence-electron chi connectivity index (χ1n) is 8.00. The van der Waals surface area contributed by atoms with E-state index in [0.717, 1.165) is 50.5 Å². The topological polar surface area (TPSA) is 99.8 Å². The maximum Gasteiger partial charge on any atom is 0.273 e. The van der Waals surface area contributed by atoms with Crippen LogP contribution in [0.15, 0.2) is 6.20 Å². The van der Waals surface area contributed by atoms with Gasteiger partial charge in [-0.25, -0.2) is 4.68 Å². The van der Waals surface area contributed by atoms with Gasteiger partial charge < -0.3 is 14.6 Å². The van der Waals surface area contributed by atoms with Crippen LogP contribution < -0.4 is 5.32 Å². The van der Waals surface area contributed by atoms with Gasteiger partial charge in [0.25, 0.3) is 5.91 Å². The van der Waals surface area contributed by atoms with Crippen LogP contribution in [-0.4, -0.2) is 48.4 Å². The number of aryl methyl sites for hydroxylation is 1. The van der Waals surface area contributed by atoms with Crippen molar-refractivity contribution < 1.29 is 9.53 Å². The summed E-state index contributed by atoms with van der Waals surface area (Å²) in [6.45, 7) is 2.71. The molecule has 0 aliphatic carbocycles. The number of carbonyl (C=O) groups excluding carboxylic acids is 1. The van der Waals surface area contributed by atoms with Gasteiger partial charge in [-0.1, -0.05) is 5.21 Å². The molecule has 9 nitrogen and oxygen atoms in total. The monoisotopic (exact) mass is 317 g/mol. The molecule has 0 unspecified atom stereocenters. The predicted molar refractivity (Wildman–Crippen MR) is 78.5 cm³/mol. The van der Waals surface area contributed by atoms with Crippen LogP contribution in [0.2, 0.25) is 0 Å². The van der Waals surface area contributed by atoms with E-state index < -0.39 is 0 Å².